The molecule has 2 aromatic heterocycles. The predicted molar refractivity (Wildman–Crippen MR) is 101 cm³/mol. The van der Waals surface area contributed by atoms with E-state index in [1.165, 1.54) is 24.0 Å². The van der Waals surface area contributed by atoms with Crippen LogP contribution in [0.5, 0.6) is 0 Å². The van der Waals surface area contributed by atoms with Crippen molar-refractivity contribution in [2.75, 3.05) is 10.6 Å². The first-order valence-corrected chi connectivity index (χ1v) is 8.57. The van der Waals surface area contributed by atoms with Gasteiger partial charge in [-0.15, -0.1) is 0 Å². The van der Waals surface area contributed by atoms with Crippen LogP contribution in [0.4, 0.5) is 17.5 Å². The van der Waals surface area contributed by atoms with Gasteiger partial charge in [0, 0.05) is 35.8 Å². The minimum atomic E-state index is 0.498. The lowest BCUT2D eigenvalue weighted by atomic mass is 10.1. The van der Waals surface area contributed by atoms with Gasteiger partial charge in [-0.2, -0.15) is 4.98 Å². The van der Waals surface area contributed by atoms with Gasteiger partial charge in [-0.1, -0.05) is 6.07 Å². The van der Waals surface area contributed by atoms with Gasteiger partial charge in [-0.25, -0.2) is 4.98 Å². The Hall–Kier alpha value is -2.95. The lowest BCUT2D eigenvalue weighted by Gasteiger charge is -2.12. The highest BCUT2D eigenvalue weighted by atomic mass is 15.2. The van der Waals surface area contributed by atoms with Crippen molar-refractivity contribution >= 4 is 17.5 Å². The van der Waals surface area contributed by atoms with Crippen LogP contribution in [0.3, 0.4) is 0 Å². The summed E-state index contributed by atoms with van der Waals surface area (Å²) in [5.74, 6) is 1.44. The summed E-state index contributed by atoms with van der Waals surface area (Å²) >= 11 is 0. The number of pyridine rings is 1. The van der Waals surface area contributed by atoms with Crippen LogP contribution in [0.1, 0.15) is 24.0 Å². The summed E-state index contributed by atoms with van der Waals surface area (Å²) in [6.07, 6.45) is 5.95. The summed E-state index contributed by atoms with van der Waals surface area (Å²) in [6, 6.07) is 12.8. The summed E-state index contributed by atoms with van der Waals surface area (Å²) in [6.45, 7) is 4.19. The predicted octanol–water partition coefficient (Wildman–Crippen LogP) is 4.47. The lowest BCUT2D eigenvalue weighted by Crippen LogP contribution is -2.07. The molecule has 0 bridgehead atoms. The molecular formula is C20H21N5. The summed E-state index contributed by atoms with van der Waals surface area (Å²) in [4.78, 5) is 13.5. The van der Waals surface area contributed by atoms with Crippen LogP contribution in [-0.2, 0) is 0 Å². The summed E-state index contributed by atoms with van der Waals surface area (Å²) in [5.41, 5.74) is 5.32. The van der Waals surface area contributed by atoms with Gasteiger partial charge >= 0.3 is 0 Å². The Balaban J connectivity index is 1.70. The highest BCUT2D eigenvalue weighted by Crippen LogP contribution is 2.27. The van der Waals surface area contributed by atoms with Crippen molar-refractivity contribution in [1.82, 2.24) is 15.0 Å². The van der Waals surface area contributed by atoms with Gasteiger partial charge in [-0.05, 0) is 62.1 Å². The van der Waals surface area contributed by atoms with Gasteiger partial charge in [-0.3, -0.25) is 4.98 Å². The zero-order chi connectivity index (χ0) is 17.2. The third-order valence-electron chi connectivity index (χ3n) is 4.09. The van der Waals surface area contributed by atoms with E-state index in [0.29, 0.717) is 12.0 Å². The molecule has 1 saturated carbocycles. The molecular weight excluding hydrogens is 310 g/mol. The van der Waals surface area contributed by atoms with Crippen LogP contribution in [0.15, 0.2) is 48.8 Å². The summed E-state index contributed by atoms with van der Waals surface area (Å²) in [5, 5.41) is 6.81. The molecule has 5 heteroatoms. The third-order valence-corrected chi connectivity index (χ3v) is 4.09. The van der Waals surface area contributed by atoms with Crippen LogP contribution in [0.2, 0.25) is 0 Å². The van der Waals surface area contributed by atoms with E-state index < -0.39 is 0 Å². The van der Waals surface area contributed by atoms with E-state index in [1.807, 2.05) is 24.4 Å². The highest BCUT2D eigenvalue weighted by molar-refractivity contribution is 5.67. The smallest absolute Gasteiger partial charge is 0.225 e. The van der Waals surface area contributed by atoms with E-state index in [2.05, 4.69) is 57.6 Å². The Morgan fingerprint density at radius 3 is 2.48 bits per heavy atom. The standard InChI is InChI=1S/C20H21N5/c1-13-8-14(2)10-17(9-13)22-19-11-18(15-4-3-7-21-12-15)24-20(25-19)23-16-5-6-16/h3-4,7-12,16H,5-6H2,1-2H3,(H2,22,23,24,25). The van der Waals surface area contributed by atoms with E-state index in [-0.39, 0.29) is 0 Å². The fourth-order valence-corrected chi connectivity index (χ4v) is 2.84. The van der Waals surface area contributed by atoms with Crippen LogP contribution in [0.25, 0.3) is 11.3 Å². The van der Waals surface area contributed by atoms with E-state index in [0.717, 1.165) is 22.8 Å². The van der Waals surface area contributed by atoms with Crippen molar-refractivity contribution in [2.24, 2.45) is 0 Å². The maximum absolute atomic E-state index is 4.66. The Kier molecular flexibility index (Phi) is 4.06. The first-order chi connectivity index (χ1) is 12.2. The second kappa shape index (κ2) is 6.51. The normalized spacial score (nSPS) is 13.5. The molecule has 0 unspecified atom stereocenters. The van der Waals surface area contributed by atoms with Crippen LogP contribution in [0, 0.1) is 13.8 Å². The zero-order valence-corrected chi connectivity index (χ0v) is 14.5. The Labute approximate surface area is 147 Å². The molecule has 0 aliphatic heterocycles. The van der Waals surface area contributed by atoms with Gasteiger partial charge < -0.3 is 10.6 Å². The molecule has 3 aromatic rings. The van der Waals surface area contributed by atoms with E-state index in [4.69, 9.17) is 0 Å². The minimum absolute atomic E-state index is 0.498. The number of anilines is 3. The van der Waals surface area contributed by atoms with Gasteiger partial charge in [0.15, 0.2) is 0 Å². The first-order valence-electron chi connectivity index (χ1n) is 8.57. The number of rotatable bonds is 5. The van der Waals surface area contributed by atoms with Crippen molar-refractivity contribution < 1.29 is 0 Å². The molecule has 0 radical (unpaired) electrons. The van der Waals surface area contributed by atoms with E-state index in [9.17, 15) is 0 Å². The largest absolute Gasteiger partial charge is 0.351 e. The molecule has 2 N–H and O–H groups in total. The number of nitrogens with zero attached hydrogens (tertiary/aromatic N) is 3. The molecule has 0 spiro atoms. The molecule has 2 heterocycles. The Bertz CT molecular complexity index is 868. The second-order valence-electron chi connectivity index (χ2n) is 6.62. The Morgan fingerprint density at radius 2 is 1.80 bits per heavy atom. The monoisotopic (exact) mass is 331 g/mol. The number of hydrogen-bond acceptors (Lipinski definition) is 5. The maximum Gasteiger partial charge on any atom is 0.225 e. The van der Waals surface area contributed by atoms with E-state index >= 15 is 0 Å². The molecule has 25 heavy (non-hydrogen) atoms. The van der Waals surface area contributed by atoms with Crippen molar-refractivity contribution in [3.05, 3.63) is 59.9 Å². The molecule has 126 valence electrons. The average molecular weight is 331 g/mol. The lowest BCUT2D eigenvalue weighted by molar-refractivity contribution is 1.06. The fraction of sp³-hybridized carbons (Fsp3) is 0.250. The van der Waals surface area contributed by atoms with Gasteiger partial charge in [0.05, 0.1) is 5.69 Å². The SMILES string of the molecule is Cc1cc(C)cc(Nc2cc(-c3cccnc3)nc(NC3CC3)n2)c1. The van der Waals surface area contributed by atoms with Crippen LogP contribution < -0.4 is 10.6 Å². The van der Waals surface area contributed by atoms with Gasteiger partial charge in [0.1, 0.15) is 5.82 Å². The minimum Gasteiger partial charge on any atom is -0.351 e. The summed E-state index contributed by atoms with van der Waals surface area (Å²) < 4.78 is 0. The van der Waals surface area contributed by atoms with Crippen molar-refractivity contribution in [2.45, 2.75) is 32.7 Å². The number of benzene rings is 1. The summed E-state index contributed by atoms with van der Waals surface area (Å²) in [7, 11) is 0. The number of aromatic nitrogens is 3. The van der Waals surface area contributed by atoms with Crippen molar-refractivity contribution in [3.63, 3.8) is 0 Å². The van der Waals surface area contributed by atoms with Gasteiger partial charge in [0.2, 0.25) is 5.95 Å². The fourth-order valence-electron chi connectivity index (χ4n) is 2.84. The quantitative estimate of drug-likeness (QED) is 0.722. The molecule has 1 fully saturated rings. The Morgan fingerprint density at radius 1 is 1.00 bits per heavy atom. The molecule has 5 nitrogen and oxygen atoms in total. The molecule has 0 amide bonds. The van der Waals surface area contributed by atoms with Crippen LogP contribution >= 0.6 is 0 Å². The van der Waals surface area contributed by atoms with E-state index in [1.54, 1.807) is 6.20 Å². The molecule has 1 aliphatic rings. The first kappa shape index (κ1) is 15.6. The van der Waals surface area contributed by atoms with Crippen molar-refractivity contribution in [1.29, 1.82) is 0 Å². The third kappa shape index (κ3) is 3.94. The van der Waals surface area contributed by atoms with Crippen LogP contribution in [-0.4, -0.2) is 21.0 Å². The zero-order valence-electron chi connectivity index (χ0n) is 14.5. The number of aryl methyl sites for hydroxylation is 2. The second-order valence-corrected chi connectivity index (χ2v) is 6.62. The molecule has 0 atom stereocenters. The average Bonchev–Trinajstić information content (AvgIpc) is 3.38. The van der Waals surface area contributed by atoms with Crippen molar-refractivity contribution in [3.8, 4) is 11.3 Å². The molecule has 4 rings (SSSR count). The number of nitrogens with one attached hydrogen (secondary N) is 2. The maximum atomic E-state index is 4.66. The number of hydrogen-bond donors (Lipinski definition) is 2. The molecule has 1 aromatic carbocycles. The highest BCUT2D eigenvalue weighted by Gasteiger charge is 2.22. The molecule has 1 aliphatic carbocycles. The van der Waals surface area contributed by atoms with Gasteiger partial charge in [0.25, 0.3) is 0 Å². The molecule has 0 saturated heterocycles. The topological polar surface area (TPSA) is 62.7 Å².